The van der Waals surface area contributed by atoms with E-state index in [1.165, 1.54) is 11.6 Å². The number of hydrogen-bond acceptors (Lipinski definition) is 6. The van der Waals surface area contributed by atoms with Gasteiger partial charge in [-0.2, -0.15) is 0 Å². The molecule has 1 amide bonds. The highest BCUT2D eigenvalue weighted by Gasteiger charge is 2.44. The predicted octanol–water partition coefficient (Wildman–Crippen LogP) is 3.91. The molecule has 2 aromatic carbocycles. The molecule has 1 fully saturated rings. The quantitative estimate of drug-likeness (QED) is 0.555. The van der Waals surface area contributed by atoms with Crippen LogP contribution in [0.2, 0.25) is 5.02 Å². The first-order chi connectivity index (χ1) is 14.5. The maximum atomic E-state index is 12.9. The topological polar surface area (TPSA) is 86.5 Å². The SMILES string of the molecule is COc1cccc([C@H]2[C@H](Cn3cc(C(C)=O)nn3)OC(=O)N2c2ccc(Cl)cc2)c1. The molecule has 2 heterocycles. The molecule has 1 aromatic heterocycles. The first kappa shape index (κ1) is 19.9. The summed E-state index contributed by atoms with van der Waals surface area (Å²) in [7, 11) is 1.59. The number of ether oxygens (including phenoxy) is 2. The highest BCUT2D eigenvalue weighted by atomic mass is 35.5. The Bertz CT molecular complexity index is 1080. The van der Waals surface area contributed by atoms with Gasteiger partial charge in [0, 0.05) is 17.6 Å². The van der Waals surface area contributed by atoms with Crippen molar-refractivity contribution in [3.05, 3.63) is 71.0 Å². The number of ketones is 1. The molecule has 0 spiro atoms. The van der Waals surface area contributed by atoms with E-state index in [4.69, 9.17) is 21.1 Å². The lowest BCUT2D eigenvalue weighted by molar-refractivity contribution is 0.101. The third-order valence-electron chi connectivity index (χ3n) is 4.89. The normalized spacial score (nSPS) is 18.4. The standard InChI is InChI=1S/C21H19ClN4O4/c1-13(27)18-11-25(24-23-18)12-19-20(14-4-3-5-17(10-14)29-2)26(21(28)30-19)16-8-6-15(22)7-9-16/h3-11,19-20H,12H2,1-2H3/t19-,20-/m0/s1. The Morgan fingerprint density at radius 1 is 1.23 bits per heavy atom. The first-order valence-electron chi connectivity index (χ1n) is 9.26. The van der Waals surface area contributed by atoms with Crippen LogP contribution in [0, 0.1) is 0 Å². The molecule has 1 aliphatic heterocycles. The number of halogens is 1. The molecule has 1 aliphatic rings. The second-order valence-electron chi connectivity index (χ2n) is 6.87. The van der Waals surface area contributed by atoms with Crippen molar-refractivity contribution in [3.63, 3.8) is 0 Å². The molecule has 0 unspecified atom stereocenters. The summed E-state index contributed by atoms with van der Waals surface area (Å²) in [6.07, 6.45) is 0.493. The molecule has 9 heteroatoms. The number of nitrogens with zero attached hydrogens (tertiary/aromatic N) is 4. The van der Waals surface area contributed by atoms with Crippen LogP contribution in [-0.2, 0) is 11.3 Å². The second kappa shape index (κ2) is 8.16. The number of hydrogen-bond donors (Lipinski definition) is 0. The molecule has 0 saturated carbocycles. The number of carbonyl (C=O) groups excluding carboxylic acids is 2. The third kappa shape index (κ3) is 3.86. The van der Waals surface area contributed by atoms with Crippen molar-refractivity contribution in [1.82, 2.24) is 15.0 Å². The maximum Gasteiger partial charge on any atom is 0.415 e. The number of carbonyl (C=O) groups is 2. The highest BCUT2D eigenvalue weighted by Crippen LogP contribution is 2.39. The predicted molar refractivity (Wildman–Crippen MR) is 110 cm³/mol. The van der Waals surface area contributed by atoms with E-state index in [0.29, 0.717) is 16.5 Å². The van der Waals surface area contributed by atoms with Crippen LogP contribution in [0.15, 0.2) is 54.7 Å². The van der Waals surface area contributed by atoms with Crippen LogP contribution in [0.25, 0.3) is 0 Å². The Kier molecular flexibility index (Phi) is 5.41. The molecule has 0 N–H and O–H groups in total. The number of methoxy groups -OCH3 is 1. The van der Waals surface area contributed by atoms with Gasteiger partial charge in [0.05, 0.1) is 19.9 Å². The van der Waals surface area contributed by atoms with Crippen molar-refractivity contribution in [2.45, 2.75) is 25.6 Å². The van der Waals surface area contributed by atoms with Gasteiger partial charge in [-0.25, -0.2) is 9.48 Å². The summed E-state index contributed by atoms with van der Waals surface area (Å²) in [5.74, 6) is 0.484. The summed E-state index contributed by atoms with van der Waals surface area (Å²) < 4.78 is 12.6. The van der Waals surface area contributed by atoms with E-state index in [2.05, 4.69) is 10.3 Å². The molecule has 4 rings (SSSR count). The summed E-state index contributed by atoms with van der Waals surface area (Å²) in [5.41, 5.74) is 1.75. The Labute approximate surface area is 178 Å². The van der Waals surface area contributed by atoms with Crippen molar-refractivity contribution < 1.29 is 19.1 Å². The first-order valence-corrected chi connectivity index (χ1v) is 9.64. The molecule has 0 bridgehead atoms. The molecule has 30 heavy (non-hydrogen) atoms. The van der Waals surface area contributed by atoms with Crippen LogP contribution in [0.4, 0.5) is 10.5 Å². The number of cyclic esters (lactones) is 1. The number of benzene rings is 2. The summed E-state index contributed by atoms with van der Waals surface area (Å²) in [4.78, 5) is 26.0. The van der Waals surface area contributed by atoms with Gasteiger partial charge in [0.25, 0.3) is 0 Å². The number of anilines is 1. The van der Waals surface area contributed by atoms with E-state index in [9.17, 15) is 9.59 Å². The van der Waals surface area contributed by atoms with Gasteiger partial charge < -0.3 is 9.47 Å². The Hall–Kier alpha value is -3.39. The van der Waals surface area contributed by atoms with Gasteiger partial charge in [-0.15, -0.1) is 5.10 Å². The van der Waals surface area contributed by atoms with Gasteiger partial charge >= 0.3 is 6.09 Å². The third-order valence-corrected chi connectivity index (χ3v) is 5.14. The fraction of sp³-hybridized carbons (Fsp3) is 0.238. The number of Topliss-reactive ketones (excluding diaryl/α,β-unsaturated/α-hetero) is 1. The van der Waals surface area contributed by atoms with Crippen molar-refractivity contribution in [3.8, 4) is 5.75 Å². The van der Waals surface area contributed by atoms with Crippen LogP contribution >= 0.6 is 11.6 Å². The van der Waals surface area contributed by atoms with Crippen molar-refractivity contribution in [2.75, 3.05) is 12.0 Å². The molecule has 154 valence electrons. The van der Waals surface area contributed by atoms with Crippen molar-refractivity contribution >= 4 is 29.2 Å². The van der Waals surface area contributed by atoms with Gasteiger partial charge in [0.2, 0.25) is 0 Å². The molecule has 0 aliphatic carbocycles. The van der Waals surface area contributed by atoms with E-state index in [0.717, 1.165) is 5.56 Å². The molecule has 2 atom stereocenters. The highest BCUT2D eigenvalue weighted by molar-refractivity contribution is 6.30. The summed E-state index contributed by atoms with van der Waals surface area (Å²) in [5, 5.41) is 8.42. The molecular formula is C21H19ClN4O4. The number of rotatable bonds is 6. The molecule has 0 radical (unpaired) electrons. The van der Waals surface area contributed by atoms with Gasteiger partial charge in [-0.1, -0.05) is 28.9 Å². The number of aromatic nitrogens is 3. The fourth-order valence-corrected chi connectivity index (χ4v) is 3.58. The van der Waals surface area contributed by atoms with Crippen LogP contribution in [-0.4, -0.2) is 40.1 Å². The lowest BCUT2D eigenvalue weighted by Crippen LogP contribution is -2.31. The van der Waals surface area contributed by atoms with Gasteiger partial charge in [0.15, 0.2) is 5.78 Å². The summed E-state index contributed by atoms with van der Waals surface area (Å²) in [6, 6.07) is 14.0. The zero-order chi connectivity index (χ0) is 21.3. The minimum Gasteiger partial charge on any atom is -0.497 e. The Balaban J connectivity index is 1.73. The minimum atomic E-state index is -0.568. The largest absolute Gasteiger partial charge is 0.497 e. The Morgan fingerprint density at radius 2 is 2.00 bits per heavy atom. The average Bonchev–Trinajstić information content (AvgIpc) is 3.33. The summed E-state index contributed by atoms with van der Waals surface area (Å²) in [6.45, 7) is 1.66. The van der Waals surface area contributed by atoms with Crippen LogP contribution in [0.5, 0.6) is 5.75 Å². The van der Waals surface area contributed by atoms with Crippen LogP contribution in [0.3, 0.4) is 0 Å². The molecular weight excluding hydrogens is 408 g/mol. The average molecular weight is 427 g/mol. The van der Waals surface area contributed by atoms with Crippen molar-refractivity contribution in [2.24, 2.45) is 0 Å². The number of amides is 1. The van der Waals surface area contributed by atoms with E-state index >= 15 is 0 Å². The monoisotopic (exact) mass is 426 g/mol. The maximum absolute atomic E-state index is 12.9. The summed E-state index contributed by atoms with van der Waals surface area (Å²) >= 11 is 6.01. The Morgan fingerprint density at radius 3 is 2.67 bits per heavy atom. The van der Waals surface area contributed by atoms with Crippen LogP contribution in [0.1, 0.15) is 29.0 Å². The zero-order valence-electron chi connectivity index (χ0n) is 16.4. The minimum absolute atomic E-state index is 0.184. The van der Waals surface area contributed by atoms with Crippen LogP contribution < -0.4 is 9.64 Å². The van der Waals surface area contributed by atoms with E-state index in [1.54, 1.807) is 42.5 Å². The zero-order valence-corrected chi connectivity index (χ0v) is 17.1. The lowest BCUT2D eigenvalue weighted by Gasteiger charge is -2.25. The molecule has 1 saturated heterocycles. The van der Waals surface area contributed by atoms with E-state index in [1.807, 2.05) is 24.3 Å². The van der Waals surface area contributed by atoms with Gasteiger partial charge in [-0.05, 0) is 42.0 Å². The second-order valence-corrected chi connectivity index (χ2v) is 7.31. The fourth-order valence-electron chi connectivity index (χ4n) is 3.46. The molecule has 8 nitrogen and oxygen atoms in total. The smallest absolute Gasteiger partial charge is 0.415 e. The van der Waals surface area contributed by atoms with Gasteiger partial charge in [0.1, 0.15) is 23.6 Å². The van der Waals surface area contributed by atoms with E-state index in [-0.39, 0.29) is 18.0 Å². The van der Waals surface area contributed by atoms with Crippen molar-refractivity contribution in [1.29, 1.82) is 0 Å². The molecule has 3 aromatic rings. The van der Waals surface area contributed by atoms with Gasteiger partial charge in [-0.3, -0.25) is 9.69 Å². The lowest BCUT2D eigenvalue weighted by atomic mass is 9.99. The van der Waals surface area contributed by atoms with E-state index < -0.39 is 18.2 Å².